The zero-order chi connectivity index (χ0) is 15.2. The molecular formula is C15H21N3O3. The van der Waals surface area contributed by atoms with E-state index in [1.807, 2.05) is 38.1 Å². The van der Waals surface area contributed by atoms with Gasteiger partial charge in [0, 0.05) is 6.54 Å². The van der Waals surface area contributed by atoms with Gasteiger partial charge in [-0.25, -0.2) is 0 Å². The Morgan fingerprint density at radius 3 is 2.76 bits per heavy atom. The molecule has 2 unspecified atom stereocenters. The van der Waals surface area contributed by atoms with E-state index in [1.54, 1.807) is 0 Å². The Kier molecular flexibility index (Phi) is 5.16. The third-order valence-electron chi connectivity index (χ3n) is 3.24. The number of piperazine rings is 1. The number of benzene rings is 1. The SMILES string of the molecule is Cc1ccc(OCC(C)NC(=O)C2CNC(=O)CN2)cc1. The first-order chi connectivity index (χ1) is 10.0. The van der Waals surface area contributed by atoms with E-state index in [0.717, 1.165) is 5.75 Å². The smallest absolute Gasteiger partial charge is 0.239 e. The first kappa shape index (κ1) is 15.3. The van der Waals surface area contributed by atoms with Crippen LogP contribution in [-0.2, 0) is 9.59 Å². The quantitative estimate of drug-likeness (QED) is 0.711. The van der Waals surface area contributed by atoms with Crippen molar-refractivity contribution in [1.29, 1.82) is 0 Å². The Morgan fingerprint density at radius 2 is 2.14 bits per heavy atom. The van der Waals surface area contributed by atoms with E-state index >= 15 is 0 Å². The van der Waals surface area contributed by atoms with Crippen LogP contribution in [0.1, 0.15) is 12.5 Å². The molecule has 0 bridgehead atoms. The van der Waals surface area contributed by atoms with Crippen LogP contribution in [0.25, 0.3) is 0 Å². The van der Waals surface area contributed by atoms with Gasteiger partial charge >= 0.3 is 0 Å². The van der Waals surface area contributed by atoms with Crippen LogP contribution in [0, 0.1) is 6.92 Å². The summed E-state index contributed by atoms with van der Waals surface area (Å²) in [4.78, 5) is 23.0. The molecule has 6 nitrogen and oxygen atoms in total. The van der Waals surface area contributed by atoms with Gasteiger partial charge in [0.2, 0.25) is 11.8 Å². The number of carbonyl (C=O) groups is 2. The van der Waals surface area contributed by atoms with Gasteiger partial charge in [-0.05, 0) is 26.0 Å². The minimum atomic E-state index is -0.385. The van der Waals surface area contributed by atoms with Crippen LogP contribution in [0.5, 0.6) is 5.75 Å². The molecule has 2 atom stereocenters. The molecule has 21 heavy (non-hydrogen) atoms. The average Bonchev–Trinajstić information content (AvgIpc) is 2.47. The highest BCUT2D eigenvalue weighted by Crippen LogP contribution is 2.11. The van der Waals surface area contributed by atoms with Crippen LogP contribution < -0.4 is 20.7 Å². The molecular weight excluding hydrogens is 270 g/mol. The minimum Gasteiger partial charge on any atom is -0.491 e. The summed E-state index contributed by atoms with van der Waals surface area (Å²) in [5.41, 5.74) is 1.18. The summed E-state index contributed by atoms with van der Waals surface area (Å²) < 4.78 is 5.62. The Labute approximate surface area is 124 Å². The average molecular weight is 291 g/mol. The first-order valence-corrected chi connectivity index (χ1v) is 7.04. The monoisotopic (exact) mass is 291 g/mol. The fourth-order valence-corrected chi connectivity index (χ4v) is 1.99. The van der Waals surface area contributed by atoms with Gasteiger partial charge in [-0.1, -0.05) is 17.7 Å². The van der Waals surface area contributed by atoms with E-state index in [4.69, 9.17) is 4.74 Å². The molecule has 6 heteroatoms. The maximum absolute atomic E-state index is 12.0. The predicted molar refractivity (Wildman–Crippen MR) is 79.1 cm³/mol. The second-order valence-electron chi connectivity index (χ2n) is 5.27. The lowest BCUT2D eigenvalue weighted by molar-refractivity contribution is -0.127. The van der Waals surface area contributed by atoms with Gasteiger partial charge in [0.15, 0.2) is 0 Å². The summed E-state index contributed by atoms with van der Waals surface area (Å²) in [6.45, 7) is 4.78. The minimum absolute atomic E-state index is 0.0881. The molecule has 1 aromatic rings. The van der Waals surface area contributed by atoms with Crippen LogP contribution in [0.4, 0.5) is 0 Å². The zero-order valence-corrected chi connectivity index (χ0v) is 12.3. The van der Waals surface area contributed by atoms with Gasteiger partial charge in [-0.3, -0.25) is 14.9 Å². The molecule has 0 spiro atoms. The number of amides is 2. The summed E-state index contributed by atoms with van der Waals surface area (Å²) in [5, 5.41) is 8.41. The van der Waals surface area contributed by atoms with Gasteiger partial charge in [0.25, 0.3) is 0 Å². The second kappa shape index (κ2) is 7.08. The van der Waals surface area contributed by atoms with Crippen molar-refractivity contribution >= 4 is 11.8 Å². The van der Waals surface area contributed by atoms with E-state index in [1.165, 1.54) is 5.56 Å². The van der Waals surface area contributed by atoms with Crippen molar-refractivity contribution in [2.45, 2.75) is 25.9 Å². The van der Waals surface area contributed by atoms with Crippen LogP contribution in [0.3, 0.4) is 0 Å². The van der Waals surface area contributed by atoms with Gasteiger partial charge < -0.3 is 15.4 Å². The van der Waals surface area contributed by atoms with Crippen molar-refractivity contribution in [3.8, 4) is 5.75 Å². The summed E-state index contributed by atoms with van der Waals surface area (Å²) in [6.07, 6.45) is 0. The second-order valence-corrected chi connectivity index (χ2v) is 5.27. The van der Waals surface area contributed by atoms with Crippen LogP contribution >= 0.6 is 0 Å². The topological polar surface area (TPSA) is 79.5 Å². The van der Waals surface area contributed by atoms with Crippen LogP contribution in [-0.4, -0.2) is 43.6 Å². The fraction of sp³-hybridized carbons (Fsp3) is 0.467. The number of hydrogen-bond acceptors (Lipinski definition) is 4. The fourth-order valence-electron chi connectivity index (χ4n) is 1.99. The Balaban J connectivity index is 1.73. The summed E-state index contributed by atoms with van der Waals surface area (Å²) in [5.74, 6) is 0.564. The van der Waals surface area contributed by atoms with E-state index in [2.05, 4.69) is 16.0 Å². The Hall–Kier alpha value is -2.08. The zero-order valence-electron chi connectivity index (χ0n) is 12.3. The van der Waals surface area contributed by atoms with Crippen molar-refractivity contribution in [1.82, 2.24) is 16.0 Å². The molecule has 1 aliphatic heterocycles. The molecule has 1 aromatic carbocycles. The third-order valence-corrected chi connectivity index (χ3v) is 3.24. The molecule has 1 heterocycles. The molecule has 0 aromatic heterocycles. The molecule has 1 fully saturated rings. The molecule has 2 rings (SSSR count). The molecule has 114 valence electrons. The van der Waals surface area contributed by atoms with Crippen LogP contribution in [0.15, 0.2) is 24.3 Å². The van der Waals surface area contributed by atoms with Crippen LogP contribution in [0.2, 0.25) is 0 Å². The maximum Gasteiger partial charge on any atom is 0.239 e. The molecule has 0 radical (unpaired) electrons. The Bertz CT molecular complexity index is 491. The van der Waals surface area contributed by atoms with Gasteiger partial charge in [-0.2, -0.15) is 0 Å². The largest absolute Gasteiger partial charge is 0.491 e. The van der Waals surface area contributed by atoms with Gasteiger partial charge in [-0.15, -0.1) is 0 Å². The van der Waals surface area contributed by atoms with Crippen molar-refractivity contribution in [2.24, 2.45) is 0 Å². The number of ether oxygens (including phenoxy) is 1. The van der Waals surface area contributed by atoms with Crippen molar-refractivity contribution in [2.75, 3.05) is 19.7 Å². The standard InChI is InChI=1S/C15H21N3O3/c1-10-3-5-12(6-4-10)21-9-11(2)18-15(20)13-7-17-14(19)8-16-13/h3-6,11,13,16H,7-9H2,1-2H3,(H,17,19)(H,18,20). The van der Waals surface area contributed by atoms with Gasteiger partial charge in [0.05, 0.1) is 12.6 Å². The lowest BCUT2D eigenvalue weighted by Crippen LogP contribution is -2.59. The molecule has 1 saturated heterocycles. The van der Waals surface area contributed by atoms with E-state index in [-0.39, 0.29) is 30.4 Å². The summed E-state index contributed by atoms with van der Waals surface area (Å²) in [7, 11) is 0. The first-order valence-electron chi connectivity index (χ1n) is 7.04. The van der Waals surface area contributed by atoms with E-state index < -0.39 is 0 Å². The highest BCUT2D eigenvalue weighted by molar-refractivity contribution is 5.86. The number of nitrogens with one attached hydrogen (secondary N) is 3. The molecule has 1 aliphatic rings. The van der Waals surface area contributed by atoms with Crippen molar-refractivity contribution in [3.05, 3.63) is 29.8 Å². The number of hydrogen-bond donors (Lipinski definition) is 3. The number of carbonyl (C=O) groups excluding carboxylic acids is 2. The summed E-state index contributed by atoms with van der Waals surface area (Å²) in [6, 6.07) is 7.27. The van der Waals surface area contributed by atoms with Gasteiger partial charge in [0.1, 0.15) is 18.4 Å². The van der Waals surface area contributed by atoms with E-state index in [0.29, 0.717) is 13.2 Å². The number of aryl methyl sites for hydroxylation is 1. The lowest BCUT2D eigenvalue weighted by Gasteiger charge is -2.25. The normalized spacial score (nSPS) is 19.5. The number of rotatable bonds is 5. The summed E-state index contributed by atoms with van der Waals surface area (Å²) >= 11 is 0. The van der Waals surface area contributed by atoms with Crippen molar-refractivity contribution < 1.29 is 14.3 Å². The molecule has 3 N–H and O–H groups in total. The lowest BCUT2D eigenvalue weighted by atomic mass is 10.2. The highest BCUT2D eigenvalue weighted by atomic mass is 16.5. The predicted octanol–water partition coefficient (Wildman–Crippen LogP) is -0.0335. The highest BCUT2D eigenvalue weighted by Gasteiger charge is 2.24. The molecule has 2 amide bonds. The van der Waals surface area contributed by atoms with Crippen molar-refractivity contribution in [3.63, 3.8) is 0 Å². The maximum atomic E-state index is 12.0. The van der Waals surface area contributed by atoms with E-state index in [9.17, 15) is 9.59 Å². The Morgan fingerprint density at radius 1 is 1.43 bits per heavy atom. The third kappa shape index (κ3) is 4.75. The molecule has 0 saturated carbocycles. The molecule has 0 aliphatic carbocycles.